The van der Waals surface area contributed by atoms with Crippen LogP contribution in [-0.2, 0) is 10.0 Å². The van der Waals surface area contributed by atoms with Gasteiger partial charge in [-0.1, -0.05) is 12.1 Å². The molecular formula is C20H25N3O5S. The molecule has 0 radical (unpaired) electrons. The summed E-state index contributed by atoms with van der Waals surface area (Å²) in [7, 11) is -3.83. The van der Waals surface area contributed by atoms with Crippen molar-refractivity contribution in [3.8, 4) is 5.75 Å². The van der Waals surface area contributed by atoms with Crippen molar-refractivity contribution in [2.45, 2.75) is 25.7 Å². The van der Waals surface area contributed by atoms with Crippen LogP contribution in [0.1, 0.15) is 18.1 Å². The average Bonchev–Trinajstić information content (AvgIpc) is 2.70. The molecule has 1 saturated heterocycles. The topological polar surface area (TPSA) is 93.0 Å². The third kappa shape index (κ3) is 4.20. The lowest BCUT2D eigenvalue weighted by atomic mass is 10.1. The minimum Gasteiger partial charge on any atom is -0.492 e. The molecule has 3 rings (SSSR count). The fraction of sp³-hybridized carbons (Fsp3) is 0.400. The molecule has 0 atom stereocenters. The van der Waals surface area contributed by atoms with Crippen LogP contribution in [0.2, 0.25) is 0 Å². The zero-order valence-corrected chi connectivity index (χ0v) is 17.6. The van der Waals surface area contributed by atoms with Crippen molar-refractivity contribution in [3.05, 3.63) is 57.6 Å². The Balaban J connectivity index is 1.83. The third-order valence-electron chi connectivity index (χ3n) is 5.18. The van der Waals surface area contributed by atoms with E-state index in [0.29, 0.717) is 43.9 Å². The highest BCUT2D eigenvalue weighted by Crippen LogP contribution is 2.31. The van der Waals surface area contributed by atoms with Crippen molar-refractivity contribution in [2.75, 3.05) is 37.7 Å². The molecule has 0 aliphatic carbocycles. The van der Waals surface area contributed by atoms with Crippen LogP contribution in [0, 0.1) is 24.0 Å². The lowest BCUT2D eigenvalue weighted by Crippen LogP contribution is -2.48. The summed E-state index contributed by atoms with van der Waals surface area (Å²) >= 11 is 0. The van der Waals surface area contributed by atoms with Gasteiger partial charge in [0.2, 0.25) is 10.0 Å². The van der Waals surface area contributed by atoms with Crippen LogP contribution in [0.15, 0.2) is 41.3 Å². The normalized spacial score (nSPS) is 15.3. The molecule has 29 heavy (non-hydrogen) atoms. The Morgan fingerprint density at radius 3 is 2.38 bits per heavy atom. The minimum atomic E-state index is -3.83. The number of nitro groups is 1. The zero-order chi connectivity index (χ0) is 21.2. The van der Waals surface area contributed by atoms with E-state index in [0.717, 1.165) is 17.5 Å². The van der Waals surface area contributed by atoms with Crippen molar-refractivity contribution in [1.82, 2.24) is 4.31 Å². The maximum atomic E-state index is 13.2. The second kappa shape index (κ2) is 8.38. The van der Waals surface area contributed by atoms with E-state index in [9.17, 15) is 18.5 Å². The Bertz CT molecular complexity index is 1010. The highest BCUT2D eigenvalue weighted by molar-refractivity contribution is 7.89. The number of sulfonamides is 1. The fourth-order valence-electron chi connectivity index (χ4n) is 3.49. The van der Waals surface area contributed by atoms with Crippen molar-refractivity contribution in [1.29, 1.82) is 0 Å². The Morgan fingerprint density at radius 2 is 1.76 bits per heavy atom. The lowest BCUT2D eigenvalue weighted by Gasteiger charge is -2.36. The number of rotatable bonds is 6. The van der Waals surface area contributed by atoms with Gasteiger partial charge in [0.15, 0.2) is 0 Å². The molecule has 1 heterocycles. The second-order valence-corrected chi connectivity index (χ2v) is 8.84. The largest absolute Gasteiger partial charge is 0.492 e. The van der Waals surface area contributed by atoms with Crippen LogP contribution in [0.5, 0.6) is 5.75 Å². The maximum Gasteiger partial charge on any atom is 0.271 e. The first kappa shape index (κ1) is 21.1. The van der Waals surface area contributed by atoms with Gasteiger partial charge < -0.3 is 9.64 Å². The Hall–Kier alpha value is -2.65. The number of anilines is 1. The summed E-state index contributed by atoms with van der Waals surface area (Å²) in [6, 6.07) is 10.3. The van der Waals surface area contributed by atoms with Crippen LogP contribution in [0.25, 0.3) is 0 Å². The molecule has 0 N–H and O–H groups in total. The summed E-state index contributed by atoms with van der Waals surface area (Å²) in [5, 5.41) is 11.2. The SMILES string of the molecule is CCOc1ccccc1N1CCN(S(=O)(=O)c2cc([N+](=O)[O-])cc(C)c2C)CC1. The van der Waals surface area contributed by atoms with E-state index in [1.165, 1.54) is 10.4 Å². The molecule has 0 aromatic heterocycles. The van der Waals surface area contributed by atoms with Gasteiger partial charge in [0.05, 0.1) is 22.1 Å². The van der Waals surface area contributed by atoms with Crippen LogP contribution in [0.4, 0.5) is 11.4 Å². The molecule has 0 unspecified atom stereocenters. The van der Waals surface area contributed by atoms with Gasteiger partial charge in [0.1, 0.15) is 5.75 Å². The Kier molecular flexibility index (Phi) is 6.09. The van der Waals surface area contributed by atoms with Gasteiger partial charge in [-0.05, 0) is 44.0 Å². The van der Waals surface area contributed by atoms with Crippen LogP contribution >= 0.6 is 0 Å². The van der Waals surface area contributed by atoms with Gasteiger partial charge in [-0.15, -0.1) is 0 Å². The number of nitro benzene ring substituents is 1. The van der Waals surface area contributed by atoms with Gasteiger partial charge in [-0.25, -0.2) is 8.42 Å². The number of non-ortho nitro benzene ring substituents is 1. The summed E-state index contributed by atoms with van der Waals surface area (Å²) in [6.07, 6.45) is 0. The molecule has 0 spiro atoms. The number of aryl methyl sites for hydroxylation is 1. The van der Waals surface area contributed by atoms with Crippen LogP contribution in [-0.4, -0.2) is 50.4 Å². The zero-order valence-electron chi connectivity index (χ0n) is 16.8. The number of para-hydroxylation sites is 2. The number of hydrogen-bond acceptors (Lipinski definition) is 6. The summed E-state index contributed by atoms with van der Waals surface area (Å²) in [5.41, 5.74) is 1.85. The van der Waals surface area contributed by atoms with E-state index in [1.807, 2.05) is 31.2 Å². The number of piperazine rings is 1. The first-order valence-electron chi connectivity index (χ1n) is 9.48. The standard InChI is InChI=1S/C20H25N3O5S/c1-4-28-19-8-6-5-7-18(19)21-9-11-22(12-10-21)29(26,27)20-14-17(23(24)25)13-15(2)16(20)3/h5-8,13-14H,4,9-12H2,1-3H3. The number of benzene rings is 2. The molecule has 2 aromatic rings. The number of ether oxygens (including phenoxy) is 1. The molecule has 1 aliphatic rings. The first-order chi connectivity index (χ1) is 13.8. The first-order valence-corrected chi connectivity index (χ1v) is 10.9. The van der Waals surface area contributed by atoms with Crippen molar-refractivity contribution >= 4 is 21.4 Å². The third-order valence-corrected chi connectivity index (χ3v) is 7.20. The monoisotopic (exact) mass is 419 g/mol. The van der Waals surface area contributed by atoms with E-state index >= 15 is 0 Å². The second-order valence-electron chi connectivity index (χ2n) is 6.93. The molecule has 0 saturated carbocycles. The molecule has 2 aromatic carbocycles. The average molecular weight is 420 g/mol. The van der Waals surface area contributed by atoms with E-state index in [2.05, 4.69) is 4.90 Å². The summed E-state index contributed by atoms with van der Waals surface area (Å²) in [5.74, 6) is 0.775. The van der Waals surface area contributed by atoms with E-state index in [-0.39, 0.29) is 10.6 Å². The van der Waals surface area contributed by atoms with Gasteiger partial charge in [-0.2, -0.15) is 4.31 Å². The maximum absolute atomic E-state index is 13.2. The quantitative estimate of drug-likeness (QED) is 0.528. The van der Waals surface area contributed by atoms with Gasteiger partial charge >= 0.3 is 0 Å². The minimum absolute atomic E-state index is 0.00682. The summed E-state index contributed by atoms with van der Waals surface area (Å²) in [4.78, 5) is 12.7. The molecule has 8 nitrogen and oxygen atoms in total. The molecule has 1 fully saturated rings. The molecular weight excluding hydrogens is 394 g/mol. The summed E-state index contributed by atoms with van der Waals surface area (Å²) < 4.78 is 33.5. The highest BCUT2D eigenvalue weighted by Gasteiger charge is 2.32. The smallest absolute Gasteiger partial charge is 0.271 e. The van der Waals surface area contributed by atoms with Crippen molar-refractivity contribution < 1.29 is 18.1 Å². The van der Waals surface area contributed by atoms with Crippen LogP contribution in [0.3, 0.4) is 0 Å². The number of nitrogens with zero attached hydrogens (tertiary/aromatic N) is 3. The van der Waals surface area contributed by atoms with E-state index < -0.39 is 14.9 Å². The van der Waals surface area contributed by atoms with Gasteiger partial charge in [0, 0.05) is 38.3 Å². The van der Waals surface area contributed by atoms with Crippen molar-refractivity contribution in [3.63, 3.8) is 0 Å². The number of hydrogen-bond donors (Lipinski definition) is 0. The molecule has 1 aliphatic heterocycles. The predicted molar refractivity (Wildman–Crippen MR) is 111 cm³/mol. The lowest BCUT2D eigenvalue weighted by molar-refractivity contribution is -0.385. The van der Waals surface area contributed by atoms with Gasteiger partial charge in [-0.3, -0.25) is 10.1 Å². The molecule has 9 heteroatoms. The molecule has 0 bridgehead atoms. The Labute approximate surface area is 170 Å². The molecule has 0 amide bonds. The fourth-order valence-corrected chi connectivity index (χ4v) is 5.23. The van der Waals surface area contributed by atoms with E-state index in [1.54, 1.807) is 13.8 Å². The van der Waals surface area contributed by atoms with Crippen LogP contribution < -0.4 is 9.64 Å². The van der Waals surface area contributed by atoms with Gasteiger partial charge in [0.25, 0.3) is 5.69 Å². The predicted octanol–water partition coefficient (Wildman–Crippen LogP) is 3.12. The summed E-state index contributed by atoms with van der Waals surface area (Å²) in [6.45, 7) is 7.45. The highest BCUT2D eigenvalue weighted by atomic mass is 32.2. The van der Waals surface area contributed by atoms with Crippen molar-refractivity contribution in [2.24, 2.45) is 0 Å². The molecule has 156 valence electrons. The van der Waals surface area contributed by atoms with E-state index in [4.69, 9.17) is 4.74 Å². The Morgan fingerprint density at radius 1 is 1.10 bits per heavy atom.